The molecule has 0 spiro atoms. The van der Waals surface area contributed by atoms with E-state index in [4.69, 9.17) is 4.74 Å². The second-order valence-electron chi connectivity index (χ2n) is 6.40. The Labute approximate surface area is 128 Å². The lowest BCUT2D eigenvalue weighted by Gasteiger charge is -2.23. The number of hydrogen-bond donors (Lipinski definition) is 1. The zero-order valence-corrected chi connectivity index (χ0v) is 13.3. The van der Waals surface area contributed by atoms with E-state index in [1.165, 1.54) is 44.3 Å². The maximum absolute atomic E-state index is 5.26. The molecule has 2 aliphatic carbocycles. The number of nitrogens with zero attached hydrogens (tertiary/aromatic N) is 1. The lowest BCUT2D eigenvalue weighted by Crippen LogP contribution is -2.35. The molecule has 1 atom stereocenters. The maximum Gasteiger partial charge on any atom is 0.118 e. The molecule has 1 unspecified atom stereocenters. The minimum absolute atomic E-state index is 0.522. The van der Waals surface area contributed by atoms with E-state index in [1.807, 2.05) is 0 Å². The predicted molar refractivity (Wildman–Crippen MR) is 86.7 cm³/mol. The molecule has 0 heterocycles. The molecular weight excluding hydrogens is 260 g/mol. The van der Waals surface area contributed by atoms with Gasteiger partial charge in [0.2, 0.25) is 0 Å². The highest BCUT2D eigenvalue weighted by Crippen LogP contribution is 2.41. The van der Waals surface area contributed by atoms with Gasteiger partial charge in [-0.3, -0.25) is 4.90 Å². The summed E-state index contributed by atoms with van der Waals surface area (Å²) in [7, 11) is 1.73. The van der Waals surface area contributed by atoms with Crippen LogP contribution in [0, 0.1) is 5.92 Å². The standard InChI is InChI=1S/C18H28N2O/c1-3-20(16-8-9-16)13-12-19-18(14-4-5-14)15-6-10-17(21-2)11-7-15/h6-7,10-11,14,16,18-19H,3-5,8-9,12-13H2,1-2H3. The quantitative estimate of drug-likeness (QED) is 0.755. The van der Waals surface area contributed by atoms with Gasteiger partial charge in [-0.25, -0.2) is 0 Å². The van der Waals surface area contributed by atoms with Gasteiger partial charge >= 0.3 is 0 Å². The first-order valence-corrected chi connectivity index (χ1v) is 8.43. The van der Waals surface area contributed by atoms with Gasteiger partial charge in [-0.1, -0.05) is 19.1 Å². The van der Waals surface area contributed by atoms with Crippen molar-refractivity contribution in [2.75, 3.05) is 26.7 Å². The van der Waals surface area contributed by atoms with Crippen LogP contribution in [0.2, 0.25) is 0 Å². The number of ether oxygens (including phenoxy) is 1. The first kappa shape index (κ1) is 14.9. The van der Waals surface area contributed by atoms with Gasteiger partial charge in [0.15, 0.2) is 0 Å². The molecule has 0 bridgehead atoms. The Kier molecular flexibility index (Phi) is 4.81. The number of rotatable bonds is 9. The summed E-state index contributed by atoms with van der Waals surface area (Å²) in [4.78, 5) is 2.62. The summed E-state index contributed by atoms with van der Waals surface area (Å²) < 4.78 is 5.26. The summed E-state index contributed by atoms with van der Waals surface area (Å²) in [6.07, 6.45) is 5.53. The number of benzene rings is 1. The fraction of sp³-hybridized carbons (Fsp3) is 0.667. The summed E-state index contributed by atoms with van der Waals surface area (Å²) in [5.41, 5.74) is 1.41. The van der Waals surface area contributed by atoms with Gasteiger partial charge < -0.3 is 10.1 Å². The van der Waals surface area contributed by atoms with Crippen LogP contribution in [-0.2, 0) is 0 Å². The van der Waals surface area contributed by atoms with E-state index in [2.05, 4.69) is 41.4 Å². The Balaban J connectivity index is 1.54. The van der Waals surface area contributed by atoms with E-state index in [0.29, 0.717) is 6.04 Å². The Morgan fingerprint density at radius 1 is 1.19 bits per heavy atom. The molecule has 2 aliphatic rings. The Bertz CT molecular complexity index is 437. The lowest BCUT2D eigenvalue weighted by atomic mass is 10.0. The van der Waals surface area contributed by atoms with Crippen LogP contribution in [0.15, 0.2) is 24.3 Å². The largest absolute Gasteiger partial charge is 0.497 e. The topological polar surface area (TPSA) is 24.5 Å². The van der Waals surface area contributed by atoms with Crippen LogP contribution in [-0.4, -0.2) is 37.7 Å². The van der Waals surface area contributed by atoms with Gasteiger partial charge in [0, 0.05) is 25.2 Å². The van der Waals surface area contributed by atoms with E-state index in [-0.39, 0.29) is 0 Å². The molecule has 3 heteroatoms. The fourth-order valence-corrected chi connectivity index (χ4v) is 3.20. The Morgan fingerprint density at radius 3 is 2.43 bits per heavy atom. The van der Waals surface area contributed by atoms with Gasteiger partial charge in [-0.2, -0.15) is 0 Å². The first-order valence-electron chi connectivity index (χ1n) is 8.43. The van der Waals surface area contributed by atoms with Crippen molar-refractivity contribution in [1.29, 1.82) is 0 Å². The molecule has 1 N–H and O–H groups in total. The molecule has 0 radical (unpaired) electrons. The predicted octanol–water partition coefficient (Wildman–Crippen LogP) is 3.22. The second kappa shape index (κ2) is 6.80. The molecule has 21 heavy (non-hydrogen) atoms. The summed E-state index contributed by atoms with van der Waals surface area (Å²) in [6, 6.07) is 9.98. The second-order valence-corrected chi connectivity index (χ2v) is 6.40. The van der Waals surface area contributed by atoms with Crippen LogP contribution in [0.5, 0.6) is 5.75 Å². The van der Waals surface area contributed by atoms with E-state index in [0.717, 1.165) is 24.3 Å². The molecule has 3 nitrogen and oxygen atoms in total. The van der Waals surface area contributed by atoms with E-state index in [1.54, 1.807) is 7.11 Å². The van der Waals surface area contributed by atoms with Gasteiger partial charge in [0.05, 0.1) is 7.11 Å². The average molecular weight is 288 g/mol. The molecule has 1 aromatic carbocycles. The number of methoxy groups -OCH3 is 1. The minimum Gasteiger partial charge on any atom is -0.497 e. The molecule has 0 saturated heterocycles. The maximum atomic E-state index is 5.26. The van der Waals surface area contributed by atoms with E-state index >= 15 is 0 Å². The third kappa shape index (κ3) is 3.98. The molecule has 2 fully saturated rings. The fourth-order valence-electron chi connectivity index (χ4n) is 3.20. The third-order valence-corrected chi connectivity index (χ3v) is 4.80. The van der Waals surface area contributed by atoms with Crippen molar-refractivity contribution in [3.05, 3.63) is 29.8 Å². The Morgan fingerprint density at radius 2 is 1.90 bits per heavy atom. The third-order valence-electron chi connectivity index (χ3n) is 4.80. The highest BCUT2D eigenvalue weighted by Gasteiger charge is 2.32. The van der Waals surface area contributed by atoms with Gasteiger partial charge in [-0.05, 0) is 55.8 Å². The van der Waals surface area contributed by atoms with Crippen molar-refractivity contribution in [3.63, 3.8) is 0 Å². The number of nitrogens with one attached hydrogen (secondary N) is 1. The van der Waals surface area contributed by atoms with E-state index < -0.39 is 0 Å². The molecule has 0 aromatic heterocycles. The highest BCUT2D eigenvalue weighted by molar-refractivity contribution is 5.30. The van der Waals surface area contributed by atoms with Crippen LogP contribution < -0.4 is 10.1 Å². The minimum atomic E-state index is 0.522. The Hall–Kier alpha value is -1.06. The molecule has 0 amide bonds. The number of likely N-dealkylation sites (N-methyl/N-ethyl adjacent to an activating group) is 1. The molecule has 1 aromatic rings. The molecule has 0 aliphatic heterocycles. The zero-order chi connectivity index (χ0) is 14.7. The molecular formula is C18H28N2O. The van der Waals surface area contributed by atoms with Crippen molar-refractivity contribution < 1.29 is 4.74 Å². The van der Waals surface area contributed by atoms with Crippen LogP contribution in [0.4, 0.5) is 0 Å². The monoisotopic (exact) mass is 288 g/mol. The summed E-state index contributed by atoms with van der Waals surface area (Å²) >= 11 is 0. The van der Waals surface area contributed by atoms with Crippen molar-refractivity contribution in [2.45, 2.75) is 44.7 Å². The normalized spacial score (nSPS) is 19.8. The average Bonchev–Trinajstić information content (AvgIpc) is 3.40. The van der Waals surface area contributed by atoms with Gasteiger partial charge in [0.1, 0.15) is 5.75 Å². The molecule has 2 saturated carbocycles. The van der Waals surface area contributed by atoms with Crippen molar-refractivity contribution in [2.24, 2.45) is 5.92 Å². The van der Waals surface area contributed by atoms with Gasteiger partial charge in [0.25, 0.3) is 0 Å². The van der Waals surface area contributed by atoms with E-state index in [9.17, 15) is 0 Å². The van der Waals surface area contributed by atoms with Crippen molar-refractivity contribution >= 4 is 0 Å². The van der Waals surface area contributed by atoms with Crippen LogP contribution in [0.3, 0.4) is 0 Å². The first-order chi connectivity index (χ1) is 10.3. The van der Waals surface area contributed by atoms with Crippen LogP contribution >= 0.6 is 0 Å². The SMILES string of the molecule is CCN(CCNC(c1ccc(OC)cc1)C1CC1)C1CC1. The number of hydrogen-bond acceptors (Lipinski definition) is 3. The van der Waals surface area contributed by atoms with Gasteiger partial charge in [-0.15, -0.1) is 0 Å². The summed E-state index contributed by atoms with van der Waals surface area (Å²) in [5.74, 6) is 1.77. The van der Waals surface area contributed by atoms with Crippen molar-refractivity contribution in [3.8, 4) is 5.75 Å². The van der Waals surface area contributed by atoms with Crippen LogP contribution in [0.1, 0.15) is 44.2 Å². The zero-order valence-electron chi connectivity index (χ0n) is 13.3. The smallest absolute Gasteiger partial charge is 0.118 e. The molecule has 3 rings (SSSR count). The lowest BCUT2D eigenvalue weighted by molar-refractivity contribution is 0.270. The summed E-state index contributed by atoms with van der Waals surface area (Å²) in [6.45, 7) is 5.74. The summed E-state index contributed by atoms with van der Waals surface area (Å²) in [5, 5.41) is 3.80. The highest BCUT2D eigenvalue weighted by atomic mass is 16.5. The van der Waals surface area contributed by atoms with Crippen molar-refractivity contribution in [1.82, 2.24) is 10.2 Å². The molecule has 116 valence electrons. The van der Waals surface area contributed by atoms with Crippen LogP contribution in [0.25, 0.3) is 0 Å².